The molecule has 4 N–H and O–H groups in total. The van der Waals surface area contributed by atoms with Crippen molar-refractivity contribution in [2.24, 2.45) is 5.10 Å². The summed E-state index contributed by atoms with van der Waals surface area (Å²) >= 11 is 6.90. The first-order valence-electron chi connectivity index (χ1n) is 11.0. The summed E-state index contributed by atoms with van der Waals surface area (Å²) < 4.78 is 0. The van der Waals surface area contributed by atoms with Crippen molar-refractivity contribution >= 4 is 40.1 Å². The van der Waals surface area contributed by atoms with Gasteiger partial charge in [-0.15, -0.1) is 16.4 Å². The number of aromatic amines is 1. The van der Waals surface area contributed by atoms with Gasteiger partial charge in [-0.05, 0) is 90.1 Å². The molecule has 0 radical (unpaired) electrons. The van der Waals surface area contributed by atoms with Gasteiger partial charge in [0.05, 0.1) is 16.2 Å². The van der Waals surface area contributed by atoms with E-state index >= 15 is 0 Å². The Morgan fingerprint density at radius 2 is 1.97 bits per heavy atom. The van der Waals surface area contributed by atoms with Crippen molar-refractivity contribution in [1.29, 1.82) is 0 Å². The number of H-pyrrole nitrogens is 1. The maximum absolute atomic E-state index is 10.9. The van der Waals surface area contributed by atoms with Gasteiger partial charge in [0.15, 0.2) is 10.9 Å². The number of tetrazole rings is 1. The van der Waals surface area contributed by atoms with Gasteiger partial charge in [-0.1, -0.05) is 24.3 Å². The summed E-state index contributed by atoms with van der Waals surface area (Å²) in [5, 5.41) is 34.5. The number of thiocarbonyl (C=S) groups is 1. The first-order valence-corrected chi connectivity index (χ1v) is 12.3. The van der Waals surface area contributed by atoms with Crippen LogP contribution in [0.1, 0.15) is 36.5 Å². The number of hydrazone groups is 1. The number of hydrogen-bond donors (Lipinski definition) is 4. The Morgan fingerprint density at radius 3 is 2.79 bits per heavy atom. The molecule has 0 unspecified atom stereocenters. The number of aromatic nitrogens is 4. The third kappa shape index (κ3) is 4.68. The molecular weight excluding hydrogens is 466 g/mol. The number of thiophene rings is 1. The van der Waals surface area contributed by atoms with E-state index in [1.165, 1.54) is 35.3 Å². The third-order valence-corrected chi connectivity index (χ3v) is 7.04. The standard InChI is InChI=1S/C24H23N7OS2/c1-14(26-29-24(33)25-19-8-4-7-18(12-19)23-27-30-31-28-23)20-13-34-22(21(20)32)17-10-9-15-5-2-3-6-16(15)11-17/h4,7-13,32H,2-3,5-6H2,1H3,(H2,25,29,33)(H,27,28,30,31)/b26-14+. The van der Waals surface area contributed by atoms with Crippen LogP contribution in [0.4, 0.5) is 5.69 Å². The van der Waals surface area contributed by atoms with Crippen LogP contribution in [0.5, 0.6) is 5.75 Å². The molecule has 0 atom stereocenters. The van der Waals surface area contributed by atoms with E-state index in [1.807, 2.05) is 36.6 Å². The molecule has 2 heterocycles. The molecule has 4 aromatic rings. The topological polar surface area (TPSA) is 111 Å². The van der Waals surface area contributed by atoms with E-state index in [-0.39, 0.29) is 5.75 Å². The van der Waals surface area contributed by atoms with Crippen LogP contribution >= 0.6 is 23.6 Å². The molecule has 0 fully saturated rings. The van der Waals surface area contributed by atoms with Crippen molar-refractivity contribution in [2.45, 2.75) is 32.6 Å². The maximum Gasteiger partial charge on any atom is 0.191 e. The summed E-state index contributed by atoms with van der Waals surface area (Å²) in [6.07, 6.45) is 4.73. The second kappa shape index (κ2) is 9.70. The summed E-state index contributed by atoms with van der Waals surface area (Å²) in [5.74, 6) is 0.815. The summed E-state index contributed by atoms with van der Waals surface area (Å²) in [4.78, 5) is 0.859. The number of benzene rings is 2. The van der Waals surface area contributed by atoms with Crippen LogP contribution in [0.15, 0.2) is 52.9 Å². The smallest absolute Gasteiger partial charge is 0.191 e. The summed E-state index contributed by atoms with van der Waals surface area (Å²) in [6.45, 7) is 1.84. The highest BCUT2D eigenvalue weighted by Crippen LogP contribution is 2.40. The Balaban J connectivity index is 1.27. The van der Waals surface area contributed by atoms with Crippen molar-refractivity contribution in [3.8, 4) is 27.6 Å². The fourth-order valence-corrected chi connectivity index (χ4v) is 5.23. The van der Waals surface area contributed by atoms with Crippen molar-refractivity contribution in [1.82, 2.24) is 26.0 Å². The zero-order chi connectivity index (χ0) is 23.5. The lowest BCUT2D eigenvalue weighted by molar-refractivity contribution is 0.478. The predicted molar refractivity (Wildman–Crippen MR) is 139 cm³/mol. The Kier molecular flexibility index (Phi) is 6.33. The minimum absolute atomic E-state index is 0.246. The molecule has 1 aliphatic carbocycles. The van der Waals surface area contributed by atoms with Gasteiger partial charge in [0.2, 0.25) is 0 Å². The van der Waals surface area contributed by atoms with E-state index < -0.39 is 0 Å². The van der Waals surface area contributed by atoms with Crippen LogP contribution in [0.25, 0.3) is 21.8 Å². The number of anilines is 1. The van der Waals surface area contributed by atoms with E-state index in [9.17, 15) is 5.11 Å². The molecule has 2 aromatic heterocycles. The lowest BCUT2D eigenvalue weighted by Gasteiger charge is -2.16. The molecule has 10 heteroatoms. The van der Waals surface area contributed by atoms with E-state index in [1.54, 1.807) is 0 Å². The molecule has 172 valence electrons. The Hall–Kier alpha value is -3.63. The number of nitrogens with zero attached hydrogens (tertiary/aromatic N) is 4. The molecule has 8 nitrogen and oxygen atoms in total. The molecule has 1 aliphatic rings. The number of aryl methyl sites for hydroxylation is 2. The minimum atomic E-state index is 0.246. The molecule has 0 saturated heterocycles. The van der Waals surface area contributed by atoms with Gasteiger partial charge in [-0.2, -0.15) is 5.10 Å². The van der Waals surface area contributed by atoms with Gasteiger partial charge in [0, 0.05) is 16.6 Å². The molecule has 2 aromatic carbocycles. The Bertz CT molecular complexity index is 1360. The third-order valence-electron chi connectivity index (χ3n) is 5.83. The quantitative estimate of drug-likeness (QED) is 0.179. The monoisotopic (exact) mass is 489 g/mol. The van der Waals surface area contributed by atoms with Crippen LogP contribution in [-0.2, 0) is 12.8 Å². The minimum Gasteiger partial charge on any atom is -0.506 e. The molecule has 34 heavy (non-hydrogen) atoms. The Morgan fingerprint density at radius 1 is 1.12 bits per heavy atom. The van der Waals surface area contributed by atoms with Crippen molar-refractivity contribution in [3.05, 3.63) is 64.5 Å². The summed E-state index contributed by atoms with van der Waals surface area (Å²) in [7, 11) is 0. The van der Waals surface area contributed by atoms with Gasteiger partial charge >= 0.3 is 0 Å². The molecule has 0 bridgehead atoms. The molecular formula is C24H23N7OS2. The van der Waals surface area contributed by atoms with Crippen LogP contribution in [-0.4, -0.2) is 36.6 Å². The highest BCUT2D eigenvalue weighted by molar-refractivity contribution is 7.80. The average Bonchev–Trinajstić information content (AvgIpc) is 3.53. The molecule has 0 spiro atoms. The zero-order valence-corrected chi connectivity index (χ0v) is 20.1. The largest absolute Gasteiger partial charge is 0.506 e. The highest BCUT2D eigenvalue weighted by atomic mass is 32.1. The number of hydrogen-bond acceptors (Lipinski definition) is 7. The number of aromatic hydroxyl groups is 1. The second-order valence-corrected chi connectivity index (χ2v) is 9.40. The maximum atomic E-state index is 10.9. The van der Waals surface area contributed by atoms with E-state index in [2.05, 4.69) is 54.7 Å². The predicted octanol–water partition coefficient (Wildman–Crippen LogP) is 4.89. The Labute approximate surface area is 206 Å². The van der Waals surface area contributed by atoms with Crippen molar-refractivity contribution < 1.29 is 5.11 Å². The zero-order valence-electron chi connectivity index (χ0n) is 18.5. The van der Waals surface area contributed by atoms with Gasteiger partial charge in [-0.25, -0.2) is 5.10 Å². The van der Waals surface area contributed by atoms with Gasteiger partial charge in [0.1, 0.15) is 5.75 Å². The molecule has 5 rings (SSSR count). The van der Waals surface area contributed by atoms with Crippen molar-refractivity contribution in [3.63, 3.8) is 0 Å². The van der Waals surface area contributed by atoms with Crippen LogP contribution in [0.3, 0.4) is 0 Å². The average molecular weight is 490 g/mol. The summed E-state index contributed by atoms with van der Waals surface area (Å²) in [5.41, 5.74) is 9.66. The normalized spacial score (nSPS) is 13.4. The van der Waals surface area contributed by atoms with Gasteiger partial charge in [-0.3, -0.25) is 5.43 Å². The van der Waals surface area contributed by atoms with E-state index in [4.69, 9.17) is 12.2 Å². The first kappa shape index (κ1) is 22.2. The first-order chi connectivity index (χ1) is 16.6. The summed E-state index contributed by atoms with van der Waals surface area (Å²) in [6, 6.07) is 14.1. The van der Waals surface area contributed by atoms with Gasteiger partial charge < -0.3 is 10.4 Å². The SMILES string of the molecule is C/C(=N\NC(=S)Nc1cccc(-c2nnn[nH]2)c1)c1csc(-c2ccc3c(c2)CCCC3)c1O. The second-order valence-electron chi connectivity index (χ2n) is 8.11. The fourth-order valence-electron chi connectivity index (χ4n) is 4.07. The number of fused-ring (bicyclic) bond motifs is 1. The lowest BCUT2D eigenvalue weighted by Crippen LogP contribution is -2.24. The van der Waals surface area contributed by atoms with E-state index in [0.717, 1.165) is 34.5 Å². The fraction of sp³-hybridized carbons (Fsp3) is 0.208. The van der Waals surface area contributed by atoms with Crippen LogP contribution in [0, 0.1) is 0 Å². The number of nitrogens with one attached hydrogen (secondary N) is 3. The van der Waals surface area contributed by atoms with E-state index in [0.29, 0.717) is 22.2 Å². The lowest BCUT2D eigenvalue weighted by atomic mass is 9.90. The van der Waals surface area contributed by atoms with Crippen LogP contribution < -0.4 is 10.7 Å². The number of rotatable bonds is 5. The molecule has 0 aliphatic heterocycles. The molecule has 0 amide bonds. The van der Waals surface area contributed by atoms with Crippen LogP contribution in [0.2, 0.25) is 0 Å². The van der Waals surface area contributed by atoms with Gasteiger partial charge in [0.25, 0.3) is 0 Å². The van der Waals surface area contributed by atoms with Crippen molar-refractivity contribution in [2.75, 3.05) is 5.32 Å². The molecule has 0 saturated carbocycles. The highest BCUT2D eigenvalue weighted by Gasteiger charge is 2.17.